The smallest absolute Gasteiger partial charge is 0.475 e. The molecule has 1 saturated carbocycles. The first-order chi connectivity index (χ1) is 14.5. The largest absolute Gasteiger partial charge is 0.490 e. The predicted molar refractivity (Wildman–Crippen MR) is 100 cm³/mol. The van der Waals surface area contributed by atoms with Crippen LogP contribution in [0.4, 0.5) is 13.2 Å². The number of sulfonamides is 1. The lowest BCUT2D eigenvalue weighted by Gasteiger charge is -2.33. The van der Waals surface area contributed by atoms with E-state index < -0.39 is 22.2 Å². The van der Waals surface area contributed by atoms with Crippen LogP contribution in [0, 0.1) is 6.92 Å². The number of rotatable bonds is 6. The Labute approximate surface area is 176 Å². The van der Waals surface area contributed by atoms with Gasteiger partial charge < -0.3 is 9.63 Å². The molecule has 14 heteroatoms. The Morgan fingerprint density at radius 2 is 2.06 bits per heavy atom. The Kier molecular flexibility index (Phi) is 6.71. The van der Waals surface area contributed by atoms with Crippen LogP contribution >= 0.6 is 0 Å². The zero-order valence-corrected chi connectivity index (χ0v) is 17.4. The lowest BCUT2D eigenvalue weighted by atomic mass is 10.2. The maximum Gasteiger partial charge on any atom is 0.490 e. The van der Waals surface area contributed by atoms with Crippen molar-refractivity contribution in [3.8, 4) is 0 Å². The summed E-state index contributed by atoms with van der Waals surface area (Å²) in [6.07, 6.45) is -1.78. The molecule has 2 aromatic heterocycles. The Hall–Kier alpha value is -2.45. The van der Waals surface area contributed by atoms with E-state index >= 15 is 0 Å². The topological polar surface area (TPSA) is 131 Å². The minimum atomic E-state index is -5.08. The monoisotopic (exact) mass is 465 g/mol. The van der Waals surface area contributed by atoms with Crippen LogP contribution in [0.25, 0.3) is 0 Å². The van der Waals surface area contributed by atoms with E-state index in [0.29, 0.717) is 19.6 Å². The first kappa shape index (κ1) is 23.2. The van der Waals surface area contributed by atoms with Gasteiger partial charge in [-0.3, -0.25) is 9.58 Å². The number of carboxylic acids is 1. The van der Waals surface area contributed by atoms with Gasteiger partial charge in [0.15, 0.2) is 0 Å². The molecule has 172 valence electrons. The van der Waals surface area contributed by atoms with Gasteiger partial charge in [0, 0.05) is 38.4 Å². The molecule has 2 N–H and O–H groups in total. The number of aromatic nitrogens is 3. The number of aliphatic carboxylic acids is 1. The summed E-state index contributed by atoms with van der Waals surface area (Å²) in [6.45, 7) is 4.39. The van der Waals surface area contributed by atoms with E-state index in [0.717, 1.165) is 36.5 Å². The highest BCUT2D eigenvalue weighted by atomic mass is 32.2. The fourth-order valence-electron chi connectivity index (χ4n) is 3.17. The molecule has 1 unspecified atom stereocenters. The highest BCUT2D eigenvalue weighted by molar-refractivity contribution is 7.90. The van der Waals surface area contributed by atoms with Crippen molar-refractivity contribution in [3.63, 3.8) is 0 Å². The first-order valence-corrected chi connectivity index (χ1v) is 11.0. The van der Waals surface area contributed by atoms with Crippen molar-refractivity contribution in [1.82, 2.24) is 24.6 Å². The van der Waals surface area contributed by atoms with Crippen LogP contribution < -0.4 is 4.72 Å². The fourth-order valence-corrected chi connectivity index (χ4v) is 4.58. The summed E-state index contributed by atoms with van der Waals surface area (Å²) in [4.78, 5) is 11.1. The van der Waals surface area contributed by atoms with Crippen molar-refractivity contribution in [2.75, 3.05) is 13.1 Å². The molecule has 0 spiro atoms. The highest BCUT2D eigenvalue weighted by Gasteiger charge is 2.38. The fraction of sp³-hybridized carbons (Fsp3) is 0.588. The van der Waals surface area contributed by atoms with E-state index in [4.69, 9.17) is 14.4 Å². The average Bonchev–Trinajstić information content (AvgIpc) is 3.31. The highest BCUT2D eigenvalue weighted by Crippen LogP contribution is 2.28. The van der Waals surface area contributed by atoms with Crippen molar-refractivity contribution in [2.24, 2.45) is 0 Å². The van der Waals surface area contributed by atoms with E-state index in [9.17, 15) is 21.6 Å². The van der Waals surface area contributed by atoms with Crippen molar-refractivity contribution >= 4 is 16.0 Å². The summed E-state index contributed by atoms with van der Waals surface area (Å²) in [7, 11) is -3.18. The molecular formula is C17H22F3N5O5S. The molecule has 1 aliphatic heterocycles. The SMILES string of the molecule is Cc1cc(CN2Cc3ccnn3C(CNS(=O)(=O)C3CC3)C2)no1.O=C(O)C(F)(F)F. The molecule has 31 heavy (non-hydrogen) atoms. The molecule has 0 radical (unpaired) electrons. The summed E-state index contributed by atoms with van der Waals surface area (Å²) in [5.74, 6) is -1.96. The number of halogens is 3. The zero-order chi connectivity index (χ0) is 22.8. The third-order valence-corrected chi connectivity index (χ3v) is 6.66. The molecule has 0 bridgehead atoms. The van der Waals surface area contributed by atoms with Gasteiger partial charge in [0.2, 0.25) is 10.0 Å². The quantitative estimate of drug-likeness (QED) is 0.656. The van der Waals surface area contributed by atoms with Crippen LogP contribution in [0.2, 0.25) is 0 Å². The van der Waals surface area contributed by atoms with E-state index in [1.54, 1.807) is 6.20 Å². The second kappa shape index (κ2) is 8.96. The Morgan fingerprint density at radius 1 is 1.39 bits per heavy atom. The minimum Gasteiger partial charge on any atom is -0.475 e. The number of nitrogens with zero attached hydrogens (tertiary/aromatic N) is 4. The van der Waals surface area contributed by atoms with Crippen LogP contribution in [0.5, 0.6) is 0 Å². The van der Waals surface area contributed by atoms with Gasteiger partial charge in [0.05, 0.1) is 22.7 Å². The molecule has 2 aliphatic rings. The molecule has 0 amide bonds. The lowest BCUT2D eigenvalue weighted by Crippen LogP contribution is -2.43. The van der Waals surface area contributed by atoms with Crippen molar-refractivity contribution in [1.29, 1.82) is 0 Å². The summed E-state index contributed by atoms with van der Waals surface area (Å²) in [5.41, 5.74) is 1.97. The number of carboxylic acid groups (broad SMARTS) is 1. The molecule has 1 aliphatic carbocycles. The van der Waals surface area contributed by atoms with E-state index in [1.165, 1.54) is 0 Å². The maximum absolute atomic E-state index is 12.1. The third kappa shape index (κ3) is 6.27. The minimum absolute atomic E-state index is 0.0229. The number of nitrogens with one attached hydrogen (secondary N) is 1. The van der Waals surface area contributed by atoms with Gasteiger partial charge in [0.1, 0.15) is 5.76 Å². The third-order valence-electron chi connectivity index (χ3n) is 4.74. The summed E-state index contributed by atoms with van der Waals surface area (Å²) in [5, 5.41) is 15.3. The van der Waals surface area contributed by atoms with Gasteiger partial charge in [-0.25, -0.2) is 17.9 Å². The molecular weight excluding hydrogens is 443 g/mol. The van der Waals surface area contributed by atoms with Crippen LogP contribution in [0.15, 0.2) is 22.9 Å². The van der Waals surface area contributed by atoms with Gasteiger partial charge in [-0.1, -0.05) is 5.16 Å². The van der Waals surface area contributed by atoms with E-state index in [1.807, 2.05) is 23.7 Å². The van der Waals surface area contributed by atoms with Crippen molar-refractivity contribution in [2.45, 2.75) is 50.3 Å². The molecule has 2 aromatic rings. The summed E-state index contributed by atoms with van der Waals surface area (Å²) in [6, 6.07) is 3.88. The van der Waals surface area contributed by atoms with Gasteiger partial charge in [-0.05, 0) is 25.8 Å². The zero-order valence-electron chi connectivity index (χ0n) is 16.5. The van der Waals surface area contributed by atoms with E-state index in [-0.39, 0.29) is 11.3 Å². The molecule has 1 fully saturated rings. The van der Waals surface area contributed by atoms with Crippen LogP contribution in [0.1, 0.15) is 36.0 Å². The van der Waals surface area contributed by atoms with Crippen molar-refractivity contribution in [3.05, 3.63) is 35.5 Å². The van der Waals surface area contributed by atoms with Gasteiger partial charge in [-0.2, -0.15) is 18.3 Å². The van der Waals surface area contributed by atoms with Crippen molar-refractivity contribution < 1.29 is 36.0 Å². The predicted octanol–water partition coefficient (Wildman–Crippen LogP) is 1.45. The van der Waals surface area contributed by atoms with Crippen LogP contribution in [0.3, 0.4) is 0 Å². The first-order valence-electron chi connectivity index (χ1n) is 9.41. The number of alkyl halides is 3. The molecule has 4 rings (SSSR count). The second-order valence-corrected chi connectivity index (χ2v) is 9.46. The van der Waals surface area contributed by atoms with Gasteiger partial charge >= 0.3 is 12.1 Å². The number of carbonyl (C=O) groups is 1. The standard InChI is InChI=1S/C15H21N5O3S.C2HF3O2/c1-11-6-12(18-23-11)8-19-9-13-4-5-16-20(13)14(10-19)7-17-24(21,22)15-2-3-15;3-2(4,5)1(6)7/h4-6,14-15,17H,2-3,7-10H2,1H3;(H,6,7). The molecule has 0 aromatic carbocycles. The average molecular weight is 465 g/mol. The second-order valence-electron chi connectivity index (χ2n) is 7.42. The number of fused-ring (bicyclic) bond motifs is 1. The van der Waals surface area contributed by atoms with Gasteiger partial charge in [0.25, 0.3) is 0 Å². The Morgan fingerprint density at radius 3 is 2.61 bits per heavy atom. The van der Waals surface area contributed by atoms with Crippen LogP contribution in [-0.4, -0.2) is 63.8 Å². The maximum atomic E-state index is 12.1. The molecule has 1 atom stereocenters. The van der Waals surface area contributed by atoms with Crippen LogP contribution in [-0.2, 0) is 27.9 Å². The Balaban J connectivity index is 0.000000339. The molecule has 10 nitrogen and oxygen atoms in total. The number of hydrogen-bond donors (Lipinski definition) is 2. The Bertz CT molecular complexity index is 1020. The number of hydrogen-bond acceptors (Lipinski definition) is 7. The molecule has 0 saturated heterocycles. The van der Waals surface area contributed by atoms with Gasteiger partial charge in [-0.15, -0.1) is 0 Å². The lowest BCUT2D eigenvalue weighted by molar-refractivity contribution is -0.192. The summed E-state index contributed by atoms with van der Waals surface area (Å²) < 4.78 is 65.7. The number of aryl methyl sites for hydroxylation is 1. The normalized spacial score (nSPS) is 19.4. The summed E-state index contributed by atoms with van der Waals surface area (Å²) >= 11 is 0. The van der Waals surface area contributed by atoms with E-state index in [2.05, 4.69) is 19.9 Å². The molecule has 3 heterocycles.